The first-order valence-corrected chi connectivity index (χ1v) is 4.79. The van der Waals surface area contributed by atoms with E-state index in [1.165, 1.54) is 6.07 Å². The largest absolute Gasteiger partial charge is 0.384 e. The van der Waals surface area contributed by atoms with Crippen LogP contribution in [0.1, 0.15) is 11.1 Å². The zero-order valence-electron chi connectivity index (χ0n) is 8.45. The van der Waals surface area contributed by atoms with E-state index in [0.717, 1.165) is 11.6 Å². The van der Waals surface area contributed by atoms with Crippen molar-refractivity contribution in [2.24, 2.45) is 0 Å². The van der Waals surface area contributed by atoms with E-state index >= 15 is 0 Å². The molecule has 2 aromatic rings. The topological polar surface area (TPSA) is 38.9 Å². The zero-order valence-corrected chi connectivity index (χ0v) is 8.45. The highest BCUT2D eigenvalue weighted by Crippen LogP contribution is 2.14. The van der Waals surface area contributed by atoms with E-state index in [1.807, 2.05) is 0 Å². The quantitative estimate of drug-likeness (QED) is 0.844. The van der Waals surface area contributed by atoms with Crippen LogP contribution in [-0.4, -0.2) is 4.98 Å². The SMILES string of the molecule is Nc1cc(Cc2ccc(F)c(F)c2)ccn1. The normalized spacial score (nSPS) is 10.4. The fourth-order valence-corrected chi connectivity index (χ4v) is 1.49. The number of benzene rings is 1. The van der Waals surface area contributed by atoms with Gasteiger partial charge < -0.3 is 5.73 Å². The molecule has 0 aliphatic carbocycles. The van der Waals surface area contributed by atoms with Gasteiger partial charge in [0.1, 0.15) is 5.82 Å². The summed E-state index contributed by atoms with van der Waals surface area (Å²) in [5, 5.41) is 0. The Morgan fingerprint density at radius 3 is 2.44 bits per heavy atom. The van der Waals surface area contributed by atoms with Gasteiger partial charge in [0.15, 0.2) is 11.6 Å². The van der Waals surface area contributed by atoms with E-state index in [0.29, 0.717) is 17.8 Å². The molecule has 82 valence electrons. The predicted octanol–water partition coefficient (Wildman–Crippen LogP) is 2.53. The average Bonchev–Trinajstić information content (AvgIpc) is 2.24. The minimum absolute atomic E-state index is 0.417. The summed E-state index contributed by atoms with van der Waals surface area (Å²) >= 11 is 0. The predicted molar refractivity (Wildman–Crippen MR) is 57.8 cm³/mol. The summed E-state index contributed by atoms with van der Waals surface area (Å²) in [5.41, 5.74) is 7.13. The minimum atomic E-state index is -0.835. The van der Waals surface area contributed by atoms with Gasteiger partial charge in [-0.25, -0.2) is 13.8 Å². The first-order valence-electron chi connectivity index (χ1n) is 4.79. The van der Waals surface area contributed by atoms with Crippen molar-refractivity contribution in [2.75, 3.05) is 5.73 Å². The van der Waals surface area contributed by atoms with E-state index in [-0.39, 0.29) is 0 Å². The summed E-state index contributed by atoms with van der Waals surface area (Å²) in [7, 11) is 0. The summed E-state index contributed by atoms with van der Waals surface area (Å²) in [6, 6.07) is 7.36. The number of aromatic nitrogens is 1. The Morgan fingerprint density at radius 1 is 1.00 bits per heavy atom. The van der Waals surface area contributed by atoms with Crippen molar-refractivity contribution in [1.82, 2.24) is 4.98 Å². The Kier molecular flexibility index (Phi) is 2.81. The molecule has 1 aromatic heterocycles. The number of hydrogen-bond donors (Lipinski definition) is 1. The third-order valence-electron chi connectivity index (χ3n) is 2.24. The maximum Gasteiger partial charge on any atom is 0.159 e. The van der Waals surface area contributed by atoms with E-state index in [2.05, 4.69) is 4.98 Å². The second kappa shape index (κ2) is 4.26. The molecule has 1 aromatic carbocycles. The average molecular weight is 220 g/mol. The van der Waals surface area contributed by atoms with Crippen molar-refractivity contribution in [2.45, 2.75) is 6.42 Å². The van der Waals surface area contributed by atoms with Gasteiger partial charge in [0, 0.05) is 6.20 Å². The number of nitrogens with zero attached hydrogens (tertiary/aromatic N) is 1. The molecule has 0 unspecified atom stereocenters. The molecule has 0 amide bonds. The van der Waals surface area contributed by atoms with E-state index in [9.17, 15) is 8.78 Å². The molecule has 0 aliphatic heterocycles. The van der Waals surface area contributed by atoms with Crippen LogP contribution in [-0.2, 0) is 6.42 Å². The minimum Gasteiger partial charge on any atom is -0.384 e. The molecule has 0 bridgehead atoms. The molecule has 0 atom stereocenters. The summed E-state index contributed by atoms with van der Waals surface area (Å²) in [4.78, 5) is 3.86. The summed E-state index contributed by atoms with van der Waals surface area (Å²) in [5.74, 6) is -1.25. The second-order valence-electron chi connectivity index (χ2n) is 3.51. The molecule has 2 rings (SSSR count). The number of anilines is 1. The fourth-order valence-electron chi connectivity index (χ4n) is 1.49. The van der Waals surface area contributed by atoms with E-state index in [4.69, 9.17) is 5.73 Å². The number of halogens is 2. The third-order valence-corrected chi connectivity index (χ3v) is 2.24. The van der Waals surface area contributed by atoms with Crippen molar-refractivity contribution in [3.8, 4) is 0 Å². The lowest BCUT2D eigenvalue weighted by atomic mass is 10.1. The molecular weight excluding hydrogens is 210 g/mol. The van der Waals surface area contributed by atoms with Crippen LogP contribution in [0.3, 0.4) is 0 Å². The monoisotopic (exact) mass is 220 g/mol. The van der Waals surface area contributed by atoms with Gasteiger partial charge in [-0.3, -0.25) is 0 Å². The molecule has 0 saturated carbocycles. The number of rotatable bonds is 2. The van der Waals surface area contributed by atoms with Gasteiger partial charge in [-0.1, -0.05) is 6.07 Å². The maximum absolute atomic E-state index is 12.9. The van der Waals surface area contributed by atoms with Crippen LogP contribution in [0.4, 0.5) is 14.6 Å². The highest BCUT2D eigenvalue weighted by Gasteiger charge is 2.03. The molecule has 2 N–H and O–H groups in total. The molecule has 4 heteroatoms. The Hall–Kier alpha value is -1.97. The van der Waals surface area contributed by atoms with Crippen LogP contribution in [0, 0.1) is 11.6 Å². The number of hydrogen-bond acceptors (Lipinski definition) is 2. The Balaban J connectivity index is 2.24. The van der Waals surface area contributed by atoms with E-state index < -0.39 is 11.6 Å². The molecule has 0 radical (unpaired) electrons. The first kappa shape index (κ1) is 10.5. The van der Waals surface area contributed by atoms with Crippen LogP contribution in [0.2, 0.25) is 0 Å². The lowest BCUT2D eigenvalue weighted by molar-refractivity contribution is 0.507. The van der Waals surface area contributed by atoms with E-state index in [1.54, 1.807) is 24.4 Å². The fraction of sp³-hybridized carbons (Fsp3) is 0.0833. The van der Waals surface area contributed by atoms with Crippen molar-refractivity contribution in [1.29, 1.82) is 0 Å². The van der Waals surface area contributed by atoms with Crippen molar-refractivity contribution in [3.05, 3.63) is 59.3 Å². The molecule has 0 fully saturated rings. The highest BCUT2D eigenvalue weighted by molar-refractivity contribution is 5.35. The van der Waals surface area contributed by atoms with Gasteiger partial charge in [0.2, 0.25) is 0 Å². The Labute approximate surface area is 91.7 Å². The molecule has 0 aliphatic rings. The van der Waals surface area contributed by atoms with Crippen LogP contribution < -0.4 is 5.73 Å². The molecule has 0 saturated heterocycles. The maximum atomic E-state index is 12.9. The van der Waals surface area contributed by atoms with Gasteiger partial charge in [-0.05, 0) is 41.8 Å². The summed E-state index contributed by atoms with van der Waals surface area (Å²) in [6.07, 6.45) is 2.09. The molecule has 16 heavy (non-hydrogen) atoms. The molecular formula is C12H10F2N2. The highest BCUT2D eigenvalue weighted by atomic mass is 19.2. The lowest BCUT2D eigenvalue weighted by Gasteiger charge is -2.03. The first-order chi connectivity index (χ1) is 7.65. The molecule has 0 spiro atoms. The van der Waals surface area contributed by atoms with Crippen LogP contribution in [0.5, 0.6) is 0 Å². The van der Waals surface area contributed by atoms with Gasteiger partial charge in [-0.2, -0.15) is 0 Å². The summed E-state index contributed by atoms with van der Waals surface area (Å²) in [6.45, 7) is 0. The number of nitrogens with two attached hydrogens (primary N) is 1. The van der Waals surface area contributed by atoms with Gasteiger partial charge in [0.05, 0.1) is 0 Å². The van der Waals surface area contributed by atoms with Gasteiger partial charge in [-0.15, -0.1) is 0 Å². The summed E-state index contributed by atoms with van der Waals surface area (Å²) < 4.78 is 25.6. The van der Waals surface area contributed by atoms with Crippen molar-refractivity contribution < 1.29 is 8.78 Å². The van der Waals surface area contributed by atoms with Crippen LogP contribution in [0.15, 0.2) is 36.5 Å². The molecule has 2 nitrogen and oxygen atoms in total. The van der Waals surface area contributed by atoms with Crippen LogP contribution >= 0.6 is 0 Å². The number of pyridine rings is 1. The second-order valence-corrected chi connectivity index (χ2v) is 3.51. The Bertz CT molecular complexity index is 512. The third kappa shape index (κ3) is 2.34. The molecule has 1 heterocycles. The Morgan fingerprint density at radius 2 is 1.75 bits per heavy atom. The van der Waals surface area contributed by atoms with Gasteiger partial charge >= 0.3 is 0 Å². The smallest absolute Gasteiger partial charge is 0.159 e. The standard InChI is InChI=1S/C12H10F2N2/c13-10-2-1-8(6-11(10)14)5-9-3-4-16-12(15)7-9/h1-4,6-7H,5H2,(H2,15,16). The zero-order chi connectivity index (χ0) is 11.5. The van der Waals surface area contributed by atoms with Gasteiger partial charge in [0.25, 0.3) is 0 Å². The lowest BCUT2D eigenvalue weighted by Crippen LogP contribution is -1.95. The van der Waals surface area contributed by atoms with Crippen LogP contribution in [0.25, 0.3) is 0 Å². The van der Waals surface area contributed by atoms with Crippen molar-refractivity contribution in [3.63, 3.8) is 0 Å². The number of nitrogen functional groups attached to an aromatic ring is 1. The van der Waals surface area contributed by atoms with Crippen molar-refractivity contribution >= 4 is 5.82 Å².